The lowest BCUT2D eigenvalue weighted by Gasteiger charge is -2.24. The first-order valence-electron chi connectivity index (χ1n) is 9.61. The highest BCUT2D eigenvalue weighted by molar-refractivity contribution is 7.07. The van der Waals surface area contributed by atoms with E-state index in [9.17, 15) is 14.0 Å². The second-order valence-corrected chi connectivity index (χ2v) is 8.26. The van der Waals surface area contributed by atoms with Gasteiger partial charge in [0, 0.05) is 5.56 Å². The number of esters is 1. The van der Waals surface area contributed by atoms with Crippen molar-refractivity contribution in [1.82, 2.24) is 4.57 Å². The Labute approximate surface area is 186 Å². The van der Waals surface area contributed by atoms with Crippen molar-refractivity contribution in [3.05, 3.63) is 101 Å². The first kappa shape index (κ1) is 21.2. The predicted molar refractivity (Wildman–Crippen MR) is 118 cm³/mol. The number of carbonyl (C=O) groups excluding carboxylic acids is 1. The number of hydrogen-bond donors (Lipinski definition) is 0. The van der Waals surface area contributed by atoms with E-state index < -0.39 is 17.8 Å². The molecule has 1 aliphatic heterocycles. The van der Waals surface area contributed by atoms with Gasteiger partial charge in [-0.15, -0.1) is 0 Å². The summed E-state index contributed by atoms with van der Waals surface area (Å²) in [5, 5.41) is 0.203. The molecule has 158 valence electrons. The summed E-state index contributed by atoms with van der Waals surface area (Å²) in [4.78, 5) is 31.1. The SMILES string of the molecule is CCOC(=O)C1=C(C)N=c2sc(=Cc3c(F)cccc3Cl)c(=O)n2[C@H]1c1ccccc1. The zero-order valence-corrected chi connectivity index (χ0v) is 18.3. The van der Waals surface area contributed by atoms with Gasteiger partial charge in [-0.1, -0.05) is 59.3 Å². The minimum atomic E-state index is -0.699. The Morgan fingerprint density at radius 3 is 2.68 bits per heavy atom. The number of halogens is 2. The monoisotopic (exact) mass is 456 g/mol. The summed E-state index contributed by atoms with van der Waals surface area (Å²) in [6, 6.07) is 12.9. The largest absolute Gasteiger partial charge is 0.463 e. The lowest BCUT2D eigenvalue weighted by atomic mass is 9.96. The van der Waals surface area contributed by atoms with Crippen molar-refractivity contribution in [2.24, 2.45) is 4.99 Å². The van der Waals surface area contributed by atoms with Gasteiger partial charge in [-0.05, 0) is 37.6 Å². The van der Waals surface area contributed by atoms with Gasteiger partial charge in [0.15, 0.2) is 4.80 Å². The maximum Gasteiger partial charge on any atom is 0.338 e. The molecule has 0 N–H and O–H groups in total. The first-order valence-corrected chi connectivity index (χ1v) is 10.8. The summed E-state index contributed by atoms with van der Waals surface area (Å²) in [6.45, 7) is 3.64. The molecule has 1 atom stereocenters. The molecule has 31 heavy (non-hydrogen) atoms. The average Bonchev–Trinajstić information content (AvgIpc) is 3.05. The van der Waals surface area contributed by atoms with Gasteiger partial charge in [-0.2, -0.15) is 0 Å². The van der Waals surface area contributed by atoms with Gasteiger partial charge in [-0.3, -0.25) is 9.36 Å². The van der Waals surface area contributed by atoms with Crippen LogP contribution < -0.4 is 14.9 Å². The number of hydrogen-bond acceptors (Lipinski definition) is 5. The van der Waals surface area contributed by atoms with Gasteiger partial charge in [-0.25, -0.2) is 14.2 Å². The Hall–Kier alpha value is -3.03. The Kier molecular flexibility index (Phi) is 5.89. The third kappa shape index (κ3) is 3.86. The topological polar surface area (TPSA) is 60.7 Å². The van der Waals surface area contributed by atoms with Gasteiger partial charge < -0.3 is 4.74 Å². The van der Waals surface area contributed by atoms with Gasteiger partial charge in [0.25, 0.3) is 5.56 Å². The minimum absolute atomic E-state index is 0.132. The van der Waals surface area contributed by atoms with E-state index in [0.717, 1.165) is 16.9 Å². The molecule has 5 nitrogen and oxygen atoms in total. The molecule has 0 aliphatic carbocycles. The summed E-state index contributed by atoms with van der Waals surface area (Å²) < 4.78 is 21.3. The van der Waals surface area contributed by atoms with Crippen LogP contribution in [0.15, 0.2) is 69.6 Å². The Balaban J connectivity index is 1.99. The third-order valence-electron chi connectivity index (χ3n) is 4.91. The average molecular weight is 457 g/mol. The van der Waals surface area contributed by atoms with E-state index in [1.807, 2.05) is 30.3 Å². The summed E-state index contributed by atoms with van der Waals surface area (Å²) in [5.74, 6) is -1.05. The molecule has 0 fully saturated rings. The Morgan fingerprint density at radius 1 is 1.26 bits per heavy atom. The summed E-state index contributed by atoms with van der Waals surface area (Å²) >= 11 is 7.26. The number of aromatic nitrogens is 1. The van der Waals surface area contributed by atoms with E-state index in [1.54, 1.807) is 19.9 Å². The highest BCUT2D eigenvalue weighted by atomic mass is 35.5. The number of fused-ring (bicyclic) bond motifs is 1. The van der Waals surface area contributed by atoms with Crippen molar-refractivity contribution in [3.63, 3.8) is 0 Å². The molecule has 8 heteroatoms. The molecule has 3 aromatic rings. The number of nitrogens with zero attached hydrogens (tertiary/aromatic N) is 2. The number of benzene rings is 2. The van der Waals surface area contributed by atoms with Gasteiger partial charge in [0.1, 0.15) is 5.82 Å². The number of ether oxygens (including phenoxy) is 1. The maximum absolute atomic E-state index is 14.3. The Morgan fingerprint density at radius 2 is 2.00 bits per heavy atom. The molecule has 0 saturated carbocycles. The van der Waals surface area contributed by atoms with Crippen molar-refractivity contribution in [2.45, 2.75) is 19.9 Å². The van der Waals surface area contributed by atoms with Crippen LogP contribution in [0, 0.1) is 5.82 Å². The maximum atomic E-state index is 14.3. The summed E-state index contributed by atoms with van der Waals surface area (Å²) in [5.41, 5.74) is 1.27. The molecule has 4 rings (SSSR count). The zero-order chi connectivity index (χ0) is 22.1. The van der Waals surface area contributed by atoms with Gasteiger partial charge in [0.05, 0.1) is 33.5 Å². The van der Waals surface area contributed by atoms with E-state index in [-0.39, 0.29) is 27.3 Å². The molecule has 0 unspecified atom stereocenters. The second kappa shape index (κ2) is 8.61. The van der Waals surface area contributed by atoms with Crippen LogP contribution in [0.1, 0.15) is 31.0 Å². The van der Waals surface area contributed by atoms with Crippen LogP contribution in [0.2, 0.25) is 5.02 Å². The fourth-order valence-corrected chi connectivity index (χ4v) is 4.77. The quantitative estimate of drug-likeness (QED) is 0.564. The van der Waals surface area contributed by atoms with Crippen molar-refractivity contribution in [1.29, 1.82) is 0 Å². The second-order valence-electron chi connectivity index (χ2n) is 6.85. The van der Waals surface area contributed by atoms with E-state index in [1.165, 1.54) is 22.8 Å². The fourth-order valence-electron chi connectivity index (χ4n) is 3.52. The summed E-state index contributed by atoms with van der Waals surface area (Å²) in [7, 11) is 0. The molecule has 0 radical (unpaired) electrons. The number of rotatable bonds is 4. The van der Waals surface area contributed by atoms with Crippen LogP contribution >= 0.6 is 22.9 Å². The number of carbonyl (C=O) groups is 1. The molecule has 1 aromatic heterocycles. The molecular weight excluding hydrogens is 439 g/mol. The molecule has 0 amide bonds. The number of allylic oxidation sites excluding steroid dienone is 1. The van der Waals surface area contributed by atoms with Crippen LogP contribution in [0.25, 0.3) is 6.08 Å². The van der Waals surface area contributed by atoms with E-state index in [4.69, 9.17) is 16.3 Å². The smallest absolute Gasteiger partial charge is 0.338 e. The predicted octanol–water partition coefficient (Wildman–Crippen LogP) is 3.59. The zero-order valence-electron chi connectivity index (χ0n) is 16.8. The standard InChI is InChI=1S/C23H18ClFN2O3S/c1-3-30-22(29)19-13(2)26-23-27(20(19)14-8-5-4-6-9-14)21(28)18(31-23)12-15-16(24)10-7-11-17(15)25/h4-12,20H,3H2,1-2H3/t20-/m0/s1. The van der Waals surface area contributed by atoms with Crippen LogP contribution in [-0.4, -0.2) is 17.1 Å². The fraction of sp³-hybridized carbons (Fsp3) is 0.174. The highest BCUT2D eigenvalue weighted by Gasteiger charge is 2.33. The van der Waals surface area contributed by atoms with Crippen molar-refractivity contribution < 1.29 is 13.9 Å². The molecule has 0 saturated heterocycles. The van der Waals surface area contributed by atoms with Crippen LogP contribution in [0.5, 0.6) is 0 Å². The lowest BCUT2D eigenvalue weighted by Crippen LogP contribution is -2.39. The van der Waals surface area contributed by atoms with Gasteiger partial charge in [0.2, 0.25) is 0 Å². The normalized spacial score (nSPS) is 16.1. The van der Waals surface area contributed by atoms with Crippen LogP contribution in [-0.2, 0) is 9.53 Å². The van der Waals surface area contributed by atoms with Crippen LogP contribution in [0.3, 0.4) is 0 Å². The van der Waals surface area contributed by atoms with Crippen molar-refractivity contribution in [2.75, 3.05) is 6.61 Å². The van der Waals surface area contributed by atoms with Gasteiger partial charge >= 0.3 is 5.97 Å². The van der Waals surface area contributed by atoms with Crippen LogP contribution in [0.4, 0.5) is 4.39 Å². The Bertz CT molecular complexity index is 1360. The van der Waals surface area contributed by atoms with E-state index >= 15 is 0 Å². The number of thiazole rings is 1. The van der Waals surface area contributed by atoms with Crippen molar-refractivity contribution in [3.8, 4) is 0 Å². The summed E-state index contributed by atoms with van der Waals surface area (Å²) in [6.07, 6.45) is 1.42. The molecule has 0 spiro atoms. The highest BCUT2D eigenvalue weighted by Crippen LogP contribution is 2.30. The molecule has 0 bridgehead atoms. The van der Waals surface area contributed by atoms with E-state index in [0.29, 0.717) is 16.1 Å². The molecule has 1 aliphatic rings. The molecule has 2 aromatic carbocycles. The molecular formula is C23H18ClFN2O3S. The van der Waals surface area contributed by atoms with E-state index in [2.05, 4.69) is 4.99 Å². The first-order chi connectivity index (χ1) is 14.9. The lowest BCUT2D eigenvalue weighted by molar-refractivity contribution is -0.139. The van der Waals surface area contributed by atoms with Crippen molar-refractivity contribution >= 4 is 35.0 Å². The minimum Gasteiger partial charge on any atom is -0.463 e. The third-order valence-corrected chi connectivity index (χ3v) is 6.22. The molecule has 2 heterocycles.